The third kappa shape index (κ3) is 3.64. The van der Waals surface area contributed by atoms with Gasteiger partial charge in [-0.2, -0.15) is 10.1 Å². The summed E-state index contributed by atoms with van der Waals surface area (Å²) in [7, 11) is 1.58. The summed E-state index contributed by atoms with van der Waals surface area (Å²) >= 11 is 2.28. The Morgan fingerprint density at radius 1 is 1.36 bits per heavy atom. The van der Waals surface area contributed by atoms with Crippen LogP contribution in [0.2, 0.25) is 0 Å². The van der Waals surface area contributed by atoms with E-state index in [2.05, 4.69) is 10.1 Å². The average Bonchev–Trinajstić information content (AvgIpc) is 3.20. The molecule has 0 aliphatic carbocycles. The quantitative estimate of drug-likeness (QED) is 0.384. The fraction of sp³-hybridized carbons (Fsp3) is 0.133. The molecule has 1 aromatic carbocycles. The molecule has 0 N–H and O–H groups in total. The maximum absolute atomic E-state index is 11.9. The molecule has 0 saturated heterocycles. The highest BCUT2D eigenvalue weighted by molar-refractivity contribution is 7.22. The Morgan fingerprint density at radius 2 is 2.16 bits per heavy atom. The van der Waals surface area contributed by atoms with Gasteiger partial charge in [0.05, 0.1) is 33.3 Å². The smallest absolute Gasteiger partial charge is 0.324 e. The predicted octanol–water partition coefficient (Wildman–Crippen LogP) is 3.66. The molecule has 0 spiro atoms. The van der Waals surface area contributed by atoms with E-state index in [0.29, 0.717) is 15.8 Å². The molecule has 25 heavy (non-hydrogen) atoms. The van der Waals surface area contributed by atoms with Crippen LogP contribution in [-0.2, 0) is 4.79 Å². The largest absolute Gasteiger partial charge is 0.497 e. The number of rotatable bonds is 5. The number of anilines is 1. The van der Waals surface area contributed by atoms with Gasteiger partial charge in [-0.25, -0.2) is 4.98 Å². The van der Waals surface area contributed by atoms with Crippen LogP contribution in [0.1, 0.15) is 11.8 Å². The van der Waals surface area contributed by atoms with Gasteiger partial charge in [0.2, 0.25) is 11.0 Å². The van der Waals surface area contributed by atoms with Crippen LogP contribution in [0.4, 0.5) is 10.1 Å². The molecule has 10 heteroatoms. The van der Waals surface area contributed by atoms with Crippen molar-refractivity contribution in [2.45, 2.75) is 6.92 Å². The Balaban J connectivity index is 1.91. The van der Waals surface area contributed by atoms with Crippen molar-refractivity contribution in [1.29, 1.82) is 0 Å². The molecule has 1 amide bonds. The fourth-order valence-corrected chi connectivity index (χ4v) is 3.68. The number of nitro groups is 1. The summed E-state index contributed by atoms with van der Waals surface area (Å²) in [5.74, 6) is 0.389. The van der Waals surface area contributed by atoms with Gasteiger partial charge >= 0.3 is 5.00 Å². The topological polar surface area (TPSA) is 97.9 Å². The molecule has 128 valence electrons. The Kier molecular flexibility index (Phi) is 4.72. The van der Waals surface area contributed by atoms with Crippen LogP contribution >= 0.6 is 22.7 Å². The molecule has 0 radical (unpaired) electrons. The van der Waals surface area contributed by atoms with Crippen molar-refractivity contribution in [3.8, 4) is 5.75 Å². The van der Waals surface area contributed by atoms with Gasteiger partial charge in [0.1, 0.15) is 5.75 Å². The summed E-state index contributed by atoms with van der Waals surface area (Å²) in [5, 5.41) is 16.5. The van der Waals surface area contributed by atoms with Crippen molar-refractivity contribution >= 4 is 55.1 Å². The minimum Gasteiger partial charge on any atom is -0.497 e. The van der Waals surface area contributed by atoms with Crippen LogP contribution in [-0.4, -0.2) is 29.1 Å². The number of nitrogens with zero attached hydrogens (tertiary/aromatic N) is 4. The Morgan fingerprint density at radius 3 is 2.80 bits per heavy atom. The number of benzene rings is 1. The van der Waals surface area contributed by atoms with Gasteiger partial charge in [0.25, 0.3) is 0 Å². The van der Waals surface area contributed by atoms with Crippen LogP contribution < -0.4 is 9.75 Å². The summed E-state index contributed by atoms with van der Waals surface area (Å²) < 4.78 is 6.05. The molecule has 0 aliphatic rings. The summed E-state index contributed by atoms with van der Waals surface area (Å²) in [6, 6.07) is 8.40. The number of aromatic nitrogens is 1. The third-order valence-electron chi connectivity index (χ3n) is 3.16. The first-order valence-corrected chi connectivity index (χ1v) is 8.64. The number of thiophene rings is 1. The Labute approximate surface area is 150 Å². The Bertz CT molecular complexity index is 979. The minimum absolute atomic E-state index is 0.0166. The third-order valence-corrected chi connectivity index (χ3v) is 5.12. The van der Waals surface area contributed by atoms with Crippen molar-refractivity contribution in [3.05, 3.63) is 45.3 Å². The van der Waals surface area contributed by atoms with Gasteiger partial charge in [0.15, 0.2) is 0 Å². The second kappa shape index (κ2) is 6.95. The Hall–Kier alpha value is -2.85. The van der Waals surface area contributed by atoms with Crippen LogP contribution in [0.5, 0.6) is 5.75 Å². The van der Waals surface area contributed by atoms with E-state index in [1.165, 1.54) is 35.6 Å². The second-order valence-corrected chi connectivity index (χ2v) is 6.94. The van der Waals surface area contributed by atoms with Crippen LogP contribution in [0, 0.1) is 10.1 Å². The van der Waals surface area contributed by atoms with Crippen LogP contribution in [0.15, 0.2) is 35.4 Å². The first-order valence-electron chi connectivity index (χ1n) is 7.01. The number of carbonyl (C=O) groups excluding carboxylic acids is 1. The van der Waals surface area contributed by atoms with Gasteiger partial charge in [0, 0.05) is 13.0 Å². The van der Waals surface area contributed by atoms with E-state index in [9.17, 15) is 14.9 Å². The number of hydrogen-bond acceptors (Lipinski definition) is 8. The van der Waals surface area contributed by atoms with Gasteiger partial charge in [-0.3, -0.25) is 14.9 Å². The summed E-state index contributed by atoms with van der Waals surface area (Å²) in [6.07, 6.45) is 1.41. The number of methoxy groups -OCH3 is 1. The highest BCUT2D eigenvalue weighted by Gasteiger charge is 2.16. The van der Waals surface area contributed by atoms with E-state index in [0.717, 1.165) is 21.6 Å². The lowest BCUT2D eigenvalue weighted by atomic mass is 10.3. The number of thiazole rings is 1. The average molecular weight is 376 g/mol. The van der Waals surface area contributed by atoms with Crippen LogP contribution in [0.25, 0.3) is 10.2 Å². The van der Waals surface area contributed by atoms with Crippen molar-refractivity contribution < 1.29 is 14.5 Å². The molecule has 2 heterocycles. The first-order chi connectivity index (χ1) is 12.0. The lowest BCUT2D eigenvalue weighted by Crippen LogP contribution is -2.22. The molecule has 3 rings (SSSR count). The monoisotopic (exact) mass is 376 g/mol. The van der Waals surface area contributed by atoms with Gasteiger partial charge in [-0.15, -0.1) is 0 Å². The van der Waals surface area contributed by atoms with E-state index >= 15 is 0 Å². The molecule has 3 aromatic rings. The van der Waals surface area contributed by atoms with E-state index in [-0.39, 0.29) is 10.9 Å². The standard InChI is InChI=1S/C15H12N4O4S2/c1-9(20)18(16-8-11-4-6-14(24-11)19(21)22)15-17-12-5-3-10(23-2)7-13(12)25-15/h3-8H,1-2H3/b16-8+. The molecular weight excluding hydrogens is 364 g/mol. The predicted molar refractivity (Wildman–Crippen MR) is 97.9 cm³/mol. The van der Waals surface area contributed by atoms with Crippen molar-refractivity contribution in [2.75, 3.05) is 12.1 Å². The number of fused-ring (bicyclic) bond motifs is 1. The number of carbonyl (C=O) groups is 1. The lowest BCUT2D eigenvalue weighted by molar-refractivity contribution is -0.380. The molecule has 2 aromatic heterocycles. The fourth-order valence-electron chi connectivity index (χ4n) is 2.00. The summed E-state index contributed by atoms with van der Waals surface area (Å²) in [6.45, 7) is 1.38. The van der Waals surface area contributed by atoms with E-state index < -0.39 is 4.92 Å². The molecule has 0 aliphatic heterocycles. The van der Waals surface area contributed by atoms with Gasteiger partial charge < -0.3 is 4.74 Å². The van der Waals surface area contributed by atoms with Crippen LogP contribution in [0.3, 0.4) is 0 Å². The highest BCUT2D eigenvalue weighted by Crippen LogP contribution is 2.32. The zero-order valence-electron chi connectivity index (χ0n) is 13.2. The number of amides is 1. The summed E-state index contributed by atoms with van der Waals surface area (Å²) in [4.78, 5) is 27.2. The molecule has 8 nitrogen and oxygen atoms in total. The zero-order valence-corrected chi connectivity index (χ0v) is 14.8. The van der Waals surface area contributed by atoms with E-state index in [1.807, 2.05) is 6.07 Å². The first kappa shape index (κ1) is 17.0. The number of hydrogen-bond donors (Lipinski definition) is 0. The van der Waals surface area contributed by atoms with Gasteiger partial charge in [-0.05, 0) is 24.3 Å². The molecule has 0 fully saturated rings. The molecule has 0 unspecified atom stereocenters. The van der Waals surface area contributed by atoms with E-state index in [1.54, 1.807) is 25.3 Å². The number of ether oxygens (including phenoxy) is 1. The zero-order chi connectivity index (χ0) is 18.0. The maximum atomic E-state index is 11.9. The molecular formula is C15H12N4O4S2. The maximum Gasteiger partial charge on any atom is 0.324 e. The normalized spacial score (nSPS) is 11.1. The molecule has 0 bridgehead atoms. The van der Waals surface area contributed by atoms with Crippen molar-refractivity contribution in [1.82, 2.24) is 4.98 Å². The lowest BCUT2D eigenvalue weighted by Gasteiger charge is -2.09. The molecule has 0 atom stereocenters. The molecule has 0 saturated carbocycles. The van der Waals surface area contributed by atoms with E-state index in [4.69, 9.17) is 4.74 Å². The van der Waals surface area contributed by atoms with Crippen molar-refractivity contribution in [3.63, 3.8) is 0 Å². The SMILES string of the molecule is COc1ccc2nc(N(/N=C/c3ccc([N+](=O)[O-])s3)C(C)=O)sc2c1. The van der Waals surface area contributed by atoms with Crippen molar-refractivity contribution in [2.24, 2.45) is 5.10 Å². The second-order valence-electron chi connectivity index (χ2n) is 4.84. The minimum atomic E-state index is -0.467. The van der Waals surface area contributed by atoms with Gasteiger partial charge in [-0.1, -0.05) is 22.7 Å². The highest BCUT2D eigenvalue weighted by atomic mass is 32.1. The summed E-state index contributed by atoms with van der Waals surface area (Å²) in [5.41, 5.74) is 0.731. The number of hydrazone groups is 1.